The van der Waals surface area contributed by atoms with Crippen LogP contribution in [0, 0.1) is 0 Å². The molecule has 0 aliphatic rings. The van der Waals surface area contributed by atoms with E-state index in [4.69, 9.17) is 0 Å². The smallest absolute Gasteiger partial charge is 0.0896 e. The summed E-state index contributed by atoms with van der Waals surface area (Å²) in [5.74, 6) is 0. The highest BCUT2D eigenvalue weighted by Gasteiger charge is 2.27. The van der Waals surface area contributed by atoms with Crippen LogP contribution < -0.4 is 0 Å². The molecule has 0 aromatic heterocycles. The molecule has 0 radical (unpaired) electrons. The monoisotopic (exact) mass is 234 g/mol. The molecule has 1 atom stereocenters. The van der Waals surface area contributed by atoms with E-state index in [1.54, 1.807) is 0 Å². The fourth-order valence-corrected chi connectivity index (χ4v) is 2.42. The SMILES string of the molecule is CCCCCCC(O)(CCC)c1ccccc1. The van der Waals surface area contributed by atoms with Gasteiger partial charge in [0.05, 0.1) is 5.60 Å². The molecule has 1 heteroatoms. The van der Waals surface area contributed by atoms with Gasteiger partial charge in [0.2, 0.25) is 0 Å². The van der Waals surface area contributed by atoms with Crippen LogP contribution in [0.3, 0.4) is 0 Å². The van der Waals surface area contributed by atoms with Gasteiger partial charge in [-0.3, -0.25) is 0 Å². The van der Waals surface area contributed by atoms with Gasteiger partial charge in [0, 0.05) is 0 Å². The van der Waals surface area contributed by atoms with Crippen molar-refractivity contribution in [1.82, 2.24) is 0 Å². The van der Waals surface area contributed by atoms with Crippen LogP contribution in [0.5, 0.6) is 0 Å². The van der Waals surface area contributed by atoms with Gasteiger partial charge in [-0.25, -0.2) is 0 Å². The van der Waals surface area contributed by atoms with E-state index >= 15 is 0 Å². The highest BCUT2D eigenvalue weighted by molar-refractivity contribution is 5.22. The van der Waals surface area contributed by atoms with Crippen LogP contribution in [-0.2, 0) is 5.60 Å². The van der Waals surface area contributed by atoms with E-state index in [9.17, 15) is 5.11 Å². The van der Waals surface area contributed by atoms with Gasteiger partial charge >= 0.3 is 0 Å². The molecule has 1 N–H and O–H groups in total. The second-order valence-electron chi connectivity index (χ2n) is 4.96. The normalized spacial score (nSPS) is 14.5. The molecule has 17 heavy (non-hydrogen) atoms. The molecule has 0 spiro atoms. The standard InChI is InChI=1S/C16H26O/c1-3-5-6-10-14-16(17,13-4-2)15-11-8-7-9-12-15/h7-9,11-12,17H,3-6,10,13-14H2,1-2H3. The van der Waals surface area contributed by atoms with E-state index in [0.29, 0.717) is 0 Å². The number of rotatable bonds is 8. The molecular weight excluding hydrogens is 208 g/mol. The first-order chi connectivity index (χ1) is 8.23. The molecule has 1 unspecified atom stereocenters. The Labute approximate surface area is 106 Å². The highest BCUT2D eigenvalue weighted by Crippen LogP contribution is 2.32. The van der Waals surface area contributed by atoms with E-state index in [2.05, 4.69) is 26.0 Å². The van der Waals surface area contributed by atoms with Crippen molar-refractivity contribution in [2.75, 3.05) is 0 Å². The zero-order chi connectivity index (χ0) is 12.6. The zero-order valence-electron chi connectivity index (χ0n) is 11.3. The van der Waals surface area contributed by atoms with Crippen molar-refractivity contribution in [3.05, 3.63) is 35.9 Å². The Balaban J connectivity index is 2.62. The largest absolute Gasteiger partial charge is 0.385 e. The Morgan fingerprint density at radius 1 is 0.882 bits per heavy atom. The van der Waals surface area contributed by atoms with Crippen molar-refractivity contribution in [3.63, 3.8) is 0 Å². The van der Waals surface area contributed by atoms with Gasteiger partial charge in [0.1, 0.15) is 0 Å². The Morgan fingerprint density at radius 3 is 2.18 bits per heavy atom. The van der Waals surface area contributed by atoms with Gasteiger partial charge in [-0.05, 0) is 18.4 Å². The summed E-state index contributed by atoms with van der Waals surface area (Å²) in [4.78, 5) is 0. The summed E-state index contributed by atoms with van der Waals surface area (Å²) < 4.78 is 0. The third kappa shape index (κ3) is 4.51. The van der Waals surface area contributed by atoms with Crippen LogP contribution in [-0.4, -0.2) is 5.11 Å². The molecule has 96 valence electrons. The second-order valence-corrected chi connectivity index (χ2v) is 4.96. The predicted octanol–water partition coefficient (Wildman–Crippen LogP) is 4.64. The molecule has 0 aliphatic heterocycles. The maximum Gasteiger partial charge on any atom is 0.0896 e. The van der Waals surface area contributed by atoms with Crippen molar-refractivity contribution in [1.29, 1.82) is 0 Å². The van der Waals surface area contributed by atoms with Gasteiger partial charge in [-0.2, -0.15) is 0 Å². The molecule has 0 saturated heterocycles. The molecular formula is C16H26O. The van der Waals surface area contributed by atoms with Crippen LogP contribution in [0.25, 0.3) is 0 Å². The van der Waals surface area contributed by atoms with Gasteiger partial charge in [0.25, 0.3) is 0 Å². The van der Waals surface area contributed by atoms with Gasteiger partial charge < -0.3 is 5.11 Å². The topological polar surface area (TPSA) is 20.2 Å². The second kappa shape index (κ2) is 7.50. The van der Waals surface area contributed by atoms with Crippen LogP contribution in [0.4, 0.5) is 0 Å². The minimum atomic E-state index is -0.607. The molecule has 0 saturated carbocycles. The summed E-state index contributed by atoms with van der Waals surface area (Å²) in [5, 5.41) is 10.8. The van der Waals surface area contributed by atoms with E-state index in [1.165, 1.54) is 19.3 Å². The lowest BCUT2D eigenvalue weighted by atomic mass is 9.84. The number of unbranched alkanes of at least 4 members (excludes halogenated alkanes) is 3. The van der Waals surface area contributed by atoms with E-state index in [0.717, 1.165) is 31.2 Å². The van der Waals surface area contributed by atoms with Crippen LogP contribution in [0.15, 0.2) is 30.3 Å². The van der Waals surface area contributed by atoms with Crippen molar-refractivity contribution in [3.8, 4) is 0 Å². The van der Waals surface area contributed by atoms with Gasteiger partial charge in [0.15, 0.2) is 0 Å². The molecule has 1 aromatic rings. The van der Waals surface area contributed by atoms with E-state index < -0.39 is 5.60 Å². The van der Waals surface area contributed by atoms with E-state index in [-0.39, 0.29) is 0 Å². The van der Waals surface area contributed by atoms with Gasteiger partial charge in [-0.1, -0.05) is 76.3 Å². The number of hydrogen-bond acceptors (Lipinski definition) is 1. The quantitative estimate of drug-likeness (QED) is 0.649. The van der Waals surface area contributed by atoms with Gasteiger partial charge in [-0.15, -0.1) is 0 Å². The molecule has 0 amide bonds. The van der Waals surface area contributed by atoms with Crippen LogP contribution in [0.2, 0.25) is 0 Å². The number of hydrogen-bond donors (Lipinski definition) is 1. The predicted molar refractivity (Wildman–Crippen MR) is 74.0 cm³/mol. The number of benzene rings is 1. The highest BCUT2D eigenvalue weighted by atomic mass is 16.3. The summed E-state index contributed by atoms with van der Waals surface area (Å²) in [6.45, 7) is 4.36. The lowest BCUT2D eigenvalue weighted by Gasteiger charge is -2.28. The fourth-order valence-electron chi connectivity index (χ4n) is 2.42. The number of aliphatic hydroxyl groups is 1. The summed E-state index contributed by atoms with van der Waals surface area (Å²) in [5.41, 5.74) is 0.474. The summed E-state index contributed by atoms with van der Waals surface area (Å²) >= 11 is 0. The lowest BCUT2D eigenvalue weighted by molar-refractivity contribution is 0.0151. The van der Waals surface area contributed by atoms with Crippen molar-refractivity contribution >= 4 is 0 Å². The molecule has 1 aromatic carbocycles. The maximum atomic E-state index is 10.8. The minimum absolute atomic E-state index is 0.607. The Hall–Kier alpha value is -0.820. The fraction of sp³-hybridized carbons (Fsp3) is 0.625. The third-order valence-corrected chi connectivity index (χ3v) is 3.42. The minimum Gasteiger partial charge on any atom is -0.385 e. The zero-order valence-corrected chi connectivity index (χ0v) is 11.3. The summed E-state index contributed by atoms with van der Waals surface area (Å²) in [6.07, 6.45) is 7.66. The summed E-state index contributed by atoms with van der Waals surface area (Å²) in [6, 6.07) is 10.1. The molecule has 0 heterocycles. The maximum absolute atomic E-state index is 10.8. The average Bonchev–Trinajstić information content (AvgIpc) is 2.36. The first-order valence-corrected chi connectivity index (χ1v) is 7.01. The summed E-state index contributed by atoms with van der Waals surface area (Å²) in [7, 11) is 0. The van der Waals surface area contributed by atoms with Crippen molar-refractivity contribution in [2.24, 2.45) is 0 Å². The molecule has 0 bridgehead atoms. The molecule has 0 fully saturated rings. The molecule has 1 nitrogen and oxygen atoms in total. The Bertz CT molecular complexity index is 294. The molecule has 0 aliphatic carbocycles. The Kier molecular flexibility index (Phi) is 6.28. The first-order valence-electron chi connectivity index (χ1n) is 7.01. The Morgan fingerprint density at radius 2 is 1.59 bits per heavy atom. The first kappa shape index (κ1) is 14.2. The molecule has 1 rings (SSSR count). The lowest BCUT2D eigenvalue weighted by Crippen LogP contribution is -2.25. The van der Waals surface area contributed by atoms with Crippen molar-refractivity contribution < 1.29 is 5.11 Å². The third-order valence-electron chi connectivity index (χ3n) is 3.42. The van der Waals surface area contributed by atoms with E-state index in [1.807, 2.05) is 18.2 Å². The van der Waals surface area contributed by atoms with Crippen LogP contribution >= 0.6 is 0 Å². The average molecular weight is 234 g/mol. The van der Waals surface area contributed by atoms with Crippen LogP contribution in [0.1, 0.15) is 64.4 Å². The van der Waals surface area contributed by atoms with Crippen molar-refractivity contribution in [2.45, 2.75) is 64.4 Å².